The van der Waals surface area contributed by atoms with Gasteiger partial charge in [-0.05, 0) is 24.3 Å². The molecule has 23 heavy (non-hydrogen) atoms. The van der Waals surface area contributed by atoms with E-state index >= 15 is 0 Å². The number of nitrogens with one attached hydrogen (secondary N) is 1. The highest BCUT2D eigenvalue weighted by Crippen LogP contribution is 2.14. The summed E-state index contributed by atoms with van der Waals surface area (Å²) in [6.07, 6.45) is 1.53. The second-order valence-electron chi connectivity index (χ2n) is 4.75. The zero-order valence-corrected chi connectivity index (χ0v) is 12.5. The van der Waals surface area contributed by atoms with Crippen LogP contribution < -0.4 is 10.2 Å². The smallest absolute Gasteiger partial charge is 0.263 e. The minimum absolute atomic E-state index is 0.00204. The molecule has 116 valence electrons. The van der Waals surface area contributed by atoms with Crippen LogP contribution in [0.1, 0.15) is 5.56 Å². The van der Waals surface area contributed by atoms with E-state index in [-0.39, 0.29) is 12.5 Å². The van der Waals surface area contributed by atoms with Crippen LogP contribution in [-0.4, -0.2) is 34.2 Å². The Hall–Kier alpha value is -3.22. The Kier molecular flexibility index (Phi) is 4.28. The number of para-hydroxylation sites is 1. The predicted molar refractivity (Wildman–Crippen MR) is 86.3 cm³/mol. The third kappa shape index (κ3) is 3.52. The molecule has 0 unspecified atom stereocenters. The van der Waals surface area contributed by atoms with Crippen molar-refractivity contribution < 1.29 is 9.53 Å². The number of rotatable bonds is 5. The van der Waals surface area contributed by atoms with Crippen molar-refractivity contribution in [3.63, 3.8) is 0 Å². The van der Waals surface area contributed by atoms with Gasteiger partial charge in [-0.2, -0.15) is 20.1 Å². The molecule has 3 aromatic rings. The number of carbonyl (C=O) groups excluding carboxylic acids is 1. The topological polar surface area (TPSA) is 81.4 Å². The highest BCUT2D eigenvalue weighted by molar-refractivity contribution is 5.85. The van der Waals surface area contributed by atoms with Crippen LogP contribution in [0.4, 0.5) is 0 Å². The molecule has 1 amide bonds. The molecule has 0 aliphatic rings. The summed E-state index contributed by atoms with van der Waals surface area (Å²) in [5, 5.41) is 12.4. The molecule has 0 spiro atoms. The van der Waals surface area contributed by atoms with Crippen molar-refractivity contribution in [1.82, 2.24) is 20.4 Å². The maximum atomic E-state index is 11.9. The molecule has 0 bridgehead atoms. The summed E-state index contributed by atoms with van der Waals surface area (Å²) in [7, 11) is 1.58. The average Bonchev–Trinajstić information content (AvgIpc) is 2.97. The molecule has 0 aliphatic heterocycles. The van der Waals surface area contributed by atoms with Gasteiger partial charge in [0.2, 0.25) is 0 Å². The van der Waals surface area contributed by atoms with Crippen molar-refractivity contribution in [1.29, 1.82) is 0 Å². The summed E-state index contributed by atoms with van der Waals surface area (Å²) in [6.45, 7) is -0.00204. The van der Waals surface area contributed by atoms with E-state index in [1.165, 1.54) is 11.0 Å². The number of amides is 1. The summed E-state index contributed by atoms with van der Waals surface area (Å²) in [5.41, 5.74) is 4.72. The van der Waals surface area contributed by atoms with Crippen LogP contribution in [0.2, 0.25) is 0 Å². The van der Waals surface area contributed by atoms with E-state index in [1.54, 1.807) is 7.11 Å². The maximum absolute atomic E-state index is 11.9. The van der Waals surface area contributed by atoms with Crippen molar-refractivity contribution in [2.75, 3.05) is 7.11 Å². The van der Waals surface area contributed by atoms with Crippen LogP contribution in [0.25, 0.3) is 11.0 Å². The molecular weight excluding hydrogens is 294 g/mol. The Labute approximate surface area is 132 Å². The average molecular weight is 309 g/mol. The fourth-order valence-electron chi connectivity index (χ4n) is 2.09. The Morgan fingerprint density at radius 2 is 1.83 bits per heavy atom. The number of hydrogen-bond acceptors (Lipinski definition) is 5. The second kappa shape index (κ2) is 6.69. The summed E-state index contributed by atoms with van der Waals surface area (Å²) in [6, 6.07) is 14.8. The largest absolute Gasteiger partial charge is 0.496 e. The van der Waals surface area contributed by atoms with Gasteiger partial charge in [-0.15, -0.1) is 0 Å². The molecule has 3 rings (SSSR count). The molecule has 1 heterocycles. The number of carbonyl (C=O) groups is 1. The first kappa shape index (κ1) is 14.7. The molecule has 2 aromatic carbocycles. The lowest BCUT2D eigenvalue weighted by atomic mass is 10.2. The van der Waals surface area contributed by atoms with E-state index in [4.69, 9.17) is 4.74 Å². The van der Waals surface area contributed by atoms with Crippen LogP contribution in [-0.2, 0) is 11.3 Å². The van der Waals surface area contributed by atoms with Crippen LogP contribution in [0.15, 0.2) is 53.6 Å². The van der Waals surface area contributed by atoms with Gasteiger partial charge in [0.1, 0.15) is 23.3 Å². The van der Waals surface area contributed by atoms with Gasteiger partial charge in [0.15, 0.2) is 0 Å². The lowest BCUT2D eigenvalue weighted by Gasteiger charge is -2.03. The summed E-state index contributed by atoms with van der Waals surface area (Å²) in [5.74, 6) is 0.377. The molecule has 1 N–H and O–H groups in total. The molecule has 0 saturated heterocycles. The van der Waals surface area contributed by atoms with Crippen molar-refractivity contribution in [2.24, 2.45) is 5.10 Å². The van der Waals surface area contributed by atoms with Crippen LogP contribution in [0, 0.1) is 0 Å². The van der Waals surface area contributed by atoms with Gasteiger partial charge in [0, 0.05) is 5.56 Å². The van der Waals surface area contributed by atoms with E-state index in [0.29, 0.717) is 5.75 Å². The molecule has 0 atom stereocenters. The van der Waals surface area contributed by atoms with E-state index in [2.05, 4.69) is 20.7 Å². The normalized spacial score (nSPS) is 11.0. The monoisotopic (exact) mass is 309 g/mol. The molecule has 0 saturated carbocycles. The van der Waals surface area contributed by atoms with Crippen molar-refractivity contribution in [2.45, 2.75) is 6.54 Å². The minimum atomic E-state index is -0.309. The SMILES string of the molecule is COc1ccccc1/C=N/NC(=O)Cn1nc2ccccc2n1. The van der Waals surface area contributed by atoms with E-state index in [1.807, 2.05) is 48.5 Å². The number of hydrogen-bond donors (Lipinski definition) is 1. The first-order chi connectivity index (χ1) is 11.3. The molecule has 7 nitrogen and oxygen atoms in total. The van der Waals surface area contributed by atoms with Gasteiger partial charge in [-0.1, -0.05) is 24.3 Å². The zero-order valence-electron chi connectivity index (χ0n) is 12.5. The van der Waals surface area contributed by atoms with E-state index in [0.717, 1.165) is 16.6 Å². The van der Waals surface area contributed by atoms with Gasteiger partial charge in [0.05, 0.1) is 13.3 Å². The quantitative estimate of drug-likeness (QED) is 0.573. The number of benzene rings is 2. The van der Waals surface area contributed by atoms with Gasteiger partial charge in [-0.25, -0.2) is 5.43 Å². The molecule has 0 radical (unpaired) electrons. The number of nitrogens with zero attached hydrogens (tertiary/aromatic N) is 4. The molecule has 0 fully saturated rings. The zero-order chi connectivity index (χ0) is 16.1. The van der Waals surface area contributed by atoms with Crippen molar-refractivity contribution in [3.8, 4) is 5.75 Å². The standard InChI is InChI=1S/C16H15N5O2/c1-23-15-9-5-2-6-12(15)10-17-18-16(22)11-21-19-13-7-3-4-8-14(13)20-21/h2-10H,11H2,1H3,(H,18,22)/b17-10+. The van der Waals surface area contributed by atoms with Gasteiger partial charge >= 0.3 is 0 Å². The second-order valence-corrected chi connectivity index (χ2v) is 4.75. The Bertz CT molecular complexity index is 823. The molecular formula is C16H15N5O2. The first-order valence-electron chi connectivity index (χ1n) is 7.01. The fraction of sp³-hybridized carbons (Fsp3) is 0.125. The third-order valence-corrected chi connectivity index (χ3v) is 3.14. The van der Waals surface area contributed by atoms with Crippen LogP contribution in [0.5, 0.6) is 5.75 Å². The Balaban J connectivity index is 1.62. The highest BCUT2D eigenvalue weighted by Gasteiger charge is 2.06. The van der Waals surface area contributed by atoms with E-state index in [9.17, 15) is 4.79 Å². The van der Waals surface area contributed by atoms with E-state index < -0.39 is 0 Å². The van der Waals surface area contributed by atoms with Crippen LogP contribution >= 0.6 is 0 Å². The van der Waals surface area contributed by atoms with Crippen molar-refractivity contribution in [3.05, 3.63) is 54.1 Å². The maximum Gasteiger partial charge on any atom is 0.263 e. The number of methoxy groups -OCH3 is 1. The lowest BCUT2D eigenvalue weighted by Crippen LogP contribution is -2.24. The fourth-order valence-corrected chi connectivity index (χ4v) is 2.09. The first-order valence-corrected chi connectivity index (χ1v) is 7.01. The van der Waals surface area contributed by atoms with Gasteiger partial charge in [0.25, 0.3) is 5.91 Å². The minimum Gasteiger partial charge on any atom is -0.496 e. The summed E-state index contributed by atoms with van der Waals surface area (Å²) in [4.78, 5) is 13.2. The number of fused-ring (bicyclic) bond motifs is 1. The molecule has 7 heteroatoms. The number of hydrazone groups is 1. The number of ether oxygens (including phenoxy) is 1. The summed E-state index contributed by atoms with van der Waals surface area (Å²) >= 11 is 0. The highest BCUT2D eigenvalue weighted by atomic mass is 16.5. The summed E-state index contributed by atoms with van der Waals surface area (Å²) < 4.78 is 5.20. The Morgan fingerprint density at radius 3 is 2.52 bits per heavy atom. The van der Waals surface area contributed by atoms with Gasteiger partial charge in [-0.3, -0.25) is 4.79 Å². The lowest BCUT2D eigenvalue weighted by molar-refractivity contribution is -0.122. The molecule has 0 aliphatic carbocycles. The van der Waals surface area contributed by atoms with Crippen molar-refractivity contribution >= 4 is 23.2 Å². The Morgan fingerprint density at radius 1 is 1.17 bits per heavy atom. The number of aromatic nitrogens is 3. The predicted octanol–water partition coefficient (Wildman–Crippen LogP) is 1.59. The third-order valence-electron chi connectivity index (χ3n) is 3.14. The molecule has 1 aromatic heterocycles. The van der Waals surface area contributed by atoms with Gasteiger partial charge < -0.3 is 4.74 Å². The van der Waals surface area contributed by atoms with Crippen LogP contribution in [0.3, 0.4) is 0 Å².